The highest BCUT2D eigenvalue weighted by atomic mass is 16.6. The average molecular weight is 222 g/mol. The maximum atomic E-state index is 9.92. The fourth-order valence-electron chi connectivity index (χ4n) is 1.69. The van der Waals surface area contributed by atoms with Gasteiger partial charge in [0.05, 0.1) is 12.6 Å². The lowest BCUT2D eigenvalue weighted by Gasteiger charge is -2.46. The minimum Gasteiger partial charge on any atom is -0.394 e. The number of aliphatic hydroxyl groups excluding tert-OH is 3. The van der Waals surface area contributed by atoms with Gasteiger partial charge in [-0.2, -0.15) is 0 Å². The minimum absolute atomic E-state index is 0.0223. The highest BCUT2D eigenvalue weighted by Gasteiger charge is 2.50. The number of hydrogen-bond acceptors (Lipinski definition) is 7. The van der Waals surface area contributed by atoms with Crippen LogP contribution in [0.25, 0.3) is 0 Å². The smallest absolute Gasteiger partial charge is 0.185 e. The molecule has 90 valence electrons. The zero-order valence-electron chi connectivity index (χ0n) is 8.28. The Morgan fingerprint density at radius 2 is 1.87 bits per heavy atom. The Balaban J connectivity index is 2.82. The van der Waals surface area contributed by atoms with Gasteiger partial charge in [-0.3, -0.25) is 0 Å². The molecule has 5 atom stereocenters. The van der Waals surface area contributed by atoms with Crippen LogP contribution in [0.1, 0.15) is 6.42 Å². The van der Waals surface area contributed by atoms with Gasteiger partial charge in [0.25, 0.3) is 0 Å². The summed E-state index contributed by atoms with van der Waals surface area (Å²) in [6.07, 6.45) is -3.71. The van der Waals surface area contributed by atoms with E-state index in [1.807, 2.05) is 0 Å². The van der Waals surface area contributed by atoms with Crippen LogP contribution in [0.15, 0.2) is 0 Å². The molecule has 1 aliphatic heterocycles. The summed E-state index contributed by atoms with van der Waals surface area (Å²) in [5, 5.41) is 37.8. The van der Waals surface area contributed by atoms with E-state index >= 15 is 0 Å². The molecular weight excluding hydrogens is 204 g/mol. The van der Waals surface area contributed by atoms with Gasteiger partial charge >= 0.3 is 0 Å². The first-order valence-corrected chi connectivity index (χ1v) is 4.79. The molecule has 0 saturated carbocycles. The van der Waals surface area contributed by atoms with E-state index in [0.29, 0.717) is 0 Å². The number of rotatable bonds is 3. The molecule has 1 fully saturated rings. The molecule has 0 aromatic carbocycles. The van der Waals surface area contributed by atoms with Crippen molar-refractivity contribution < 1.29 is 25.2 Å². The van der Waals surface area contributed by atoms with Crippen LogP contribution in [0.2, 0.25) is 0 Å². The van der Waals surface area contributed by atoms with Crippen molar-refractivity contribution >= 4 is 0 Å². The third kappa shape index (κ3) is 2.28. The SMILES string of the molecule is NCC[C@@]1(O)O[C@H](CO)[C@H](O)[C@H](O)[C@H]1N. The molecule has 0 aliphatic carbocycles. The summed E-state index contributed by atoms with van der Waals surface area (Å²) in [5.74, 6) is -1.80. The second kappa shape index (κ2) is 4.71. The minimum atomic E-state index is -1.80. The predicted molar refractivity (Wildman–Crippen MR) is 50.6 cm³/mol. The third-order valence-corrected chi connectivity index (χ3v) is 2.66. The van der Waals surface area contributed by atoms with Gasteiger partial charge in [0.15, 0.2) is 5.79 Å². The van der Waals surface area contributed by atoms with Crippen molar-refractivity contribution in [3.63, 3.8) is 0 Å². The molecule has 15 heavy (non-hydrogen) atoms. The van der Waals surface area contributed by atoms with Gasteiger partial charge in [0.2, 0.25) is 0 Å². The molecule has 0 bridgehead atoms. The maximum absolute atomic E-state index is 9.92. The molecule has 1 rings (SSSR count). The van der Waals surface area contributed by atoms with Gasteiger partial charge in [-0.1, -0.05) is 0 Å². The summed E-state index contributed by atoms with van der Waals surface area (Å²) in [6.45, 7) is -0.400. The first-order chi connectivity index (χ1) is 6.96. The first kappa shape index (κ1) is 12.8. The third-order valence-electron chi connectivity index (χ3n) is 2.66. The van der Waals surface area contributed by atoms with Crippen molar-refractivity contribution in [1.29, 1.82) is 0 Å². The van der Waals surface area contributed by atoms with Gasteiger partial charge < -0.3 is 36.6 Å². The zero-order chi connectivity index (χ0) is 11.6. The van der Waals surface area contributed by atoms with Crippen LogP contribution in [0.4, 0.5) is 0 Å². The second-order valence-corrected chi connectivity index (χ2v) is 3.73. The summed E-state index contributed by atoms with van der Waals surface area (Å²) in [4.78, 5) is 0. The highest BCUT2D eigenvalue weighted by molar-refractivity contribution is 4.98. The van der Waals surface area contributed by atoms with E-state index in [1.54, 1.807) is 0 Å². The van der Waals surface area contributed by atoms with Crippen LogP contribution < -0.4 is 11.5 Å². The molecule has 8 N–H and O–H groups in total. The van der Waals surface area contributed by atoms with Crippen molar-refractivity contribution in [1.82, 2.24) is 0 Å². The van der Waals surface area contributed by atoms with Crippen molar-refractivity contribution in [2.75, 3.05) is 13.2 Å². The molecule has 0 unspecified atom stereocenters. The van der Waals surface area contributed by atoms with Crippen LogP contribution in [0.3, 0.4) is 0 Å². The number of nitrogens with two attached hydrogens (primary N) is 2. The Morgan fingerprint density at radius 1 is 1.27 bits per heavy atom. The fraction of sp³-hybridized carbons (Fsp3) is 1.00. The molecule has 0 aromatic rings. The average Bonchev–Trinajstić information content (AvgIpc) is 2.21. The predicted octanol–water partition coefficient (Wildman–Crippen LogP) is -3.54. The van der Waals surface area contributed by atoms with Crippen LogP contribution in [-0.2, 0) is 4.74 Å². The van der Waals surface area contributed by atoms with Gasteiger partial charge in [0, 0.05) is 6.42 Å². The van der Waals surface area contributed by atoms with E-state index < -0.39 is 36.7 Å². The van der Waals surface area contributed by atoms with E-state index in [2.05, 4.69) is 0 Å². The van der Waals surface area contributed by atoms with Crippen LogP contribution in [-0.4, -0.2) is 63.7 Å². The standard InChI is InChI=1S/C8H18N2O5/c9-2-1-8(14)7(10)6(13)5(12)4(3-11)15-8/h4-7,11-14H,1-3,9-10H2/t4-,5+,6+,7-,8-/m1/s1. The molecule has 0 radical (unpaired) electrons. The van der Waals surface area contributed by atoms with Crippen molar-refractivity contribution in [3.8, 4) is 0 Å². The quantitative estimate of drug-likeness (QED) is 0.290. The highest BCUT2D eigenvalue weighted by Crippen LogP contribution is 2.28. The second-order valence-electron chi connectivity index (χ2n) is 3.73. The largest absolute Gasteiger partial charge is 0.394 e. The lowest BCUT2D eigenvalue weighted by molar-refractivity contribution is -0.315. The van der Waals surface area contributed by atoms with E-state index in [1.165, 1.54) is 0 Å². The van der Waals surface area contributed by atoms with E-state index in [-0.39, 0.29) is 13.0 Å². The Kier molecular flexibility index (Phi) is 4.01. The number of ether oxygens (including phenoxy) is 1. The monoisotopic (exact) mass is 222 g/mol. The van der Waals surface area contributed by atoms with Gasteiger partial charge in [0.1, 0.15) is 18.3 Å². The Morgan fingerprint density at radius 3 is 2.33 bits per heavy atom. The lowest BCUT2D eigenvalue weighted by atomic mass is 9.89. The molecule has 1 aliphatic rings. The molecule has 0 amide bonds. The summed E-state index contributed by atoms with van der Waals surface area (Å²) in [7, 11) is 0. The van der Waals surface area contributed by atoms with Gasteiger partial charge in [-0.15, -0.1) is 0 Å². The molecular formula is C8H18N2O5. The lowest BCUT2D eigenvalue weighted by Crippen LogP contribution is -2.68. The molecule has 7 heteroatoms. The van der Waals surface area contributed by atoms with Crippen molar-refractivity contribution in [2.45, 2.75) is 36.6 Å². The molecule has 0 aromatic heterocycles. The number of hydrogen-bond donors (Lipinski definition) is 6. The van der Waals surface area contributed by atoms with E-state index in [0.717, 1.165) is 0 Å². The van der Waals surface area contributed by atoms with Crippen LogP contribution in [0.5, 0.6) is 0 Å². The Hall–Kier alpha value is -0.280. The Labute approximate surface area is 87.3 Å². The maximum Gasteiger partial charge on any atom is 0.185 e. The fourth-order valence-corrected chi connectivity index (χ4v) is 1.69. The van der Waals surface area contributed by atoms with Crippen LogP contribution >= 0.6 is 0 Å². The summed E-state index contributed by atoms with van der Waals surface area (Å²) in [5.41, 5.74) is 10.8. The van der Waals surface area contributed by atoms with E-state index in [9.17, 15) is 15.3 Å². The molecule has 7 nitrogen and oxygen atoms in total. The topological polar surface area (TPSA) is 142 Å². The number of aliphatic hydroxyl groups is 4. The summed E-state index contributed by atoms with van der Waals surface area (Å²) in [6, 6.07) is -1.15. The first-order valence-electron chi connectivity index (χ1n) is 4.79. The summed E-state index contributed by atoms with van der Waals surface area (Å²) >= 11 is 0. The normalized spacial score (nSPS) is 46.8. The van der Waals surface area contributed by atoms with Gasteiger partial charge in [-0.25, -0.2) is 0 Å². The van der Waals surface area contributed by atoms with E-state index in [4.69, 9.17) is 21.3 Å². The zero-order valence-corrected chi connectivity index (χ0v) is 8.28. The molecule has 1 heterocycles. The molecule has 0 spiro atoms. The van der Waals surface area contributed by atoms with Crippen LogP contribution in [0, 0.1) is 0 Å². The van der Waals surface area contributed by atoms with Gasteiger partial charge in [-0.05, 0) is 6.54 Å². The Bertz CT molecular complexity index is 215. The summed E-state index contributed by atoms with van der Waals surface area (Å²) < 4.78 is 5.05. The van der Waals surface area contributed by atoms with Crippen molar-refractivity contribution in [3.05, 3.63) is 0 Å². The molecule has 1 saturated heterocycles. The van der Waals surface area contributed by atoms with Crippen molar-refractivity contribution in [2.24, 2.45) is 11.5 Å².